The normalized spacial score (nSPS) is 22.7. The van der Waals surface area contributed by atoms with E-state index in [1.165, 1.54) is 6.07 Å². The van der Waals surface area contributed by atoms with Gasteiger partial charge in [-0.05, 0) is 50.0 Å². The van der Waals surface area contributed by atoms with Crippen LogP contribution in [0.3, 0.4) is 0 Å². The lowest BCUT2D eigenvalue weighted by molar-refractivity contribution is 0.147. The van der Waals surface area contributed by atoms with Gasteiger partial charge in [0.15, 0.2) is 5.75 Å². The largest absolute Gasteiger partial charge is 0.408 e. The molecule has 2 N–H and O–H groups in total. The molecule has 0 aliphatic carbocycles. The Hall–Kier alpha value is -1.13. The molecule has 0 bridgehead atoms. The Kier molecular flexibility index (Phi) is 4.55. The Bertz CT molecular complexity index is 391. The molecule has 4 heteroatoms. The molecule has 2 heterocycles. The van der Waals surface area contributed by atoms with Crippen molar-refractivity contribution >= 4 is 0 Å². The third-order valence-corrected chi connectivity index (χ3v) is 3.46. The van der Waals surface area contributed by atoms with Crippen LogP contribution in [0.5, 0.6) is 5.75 Å². The van der Waals surface area contributed by atoms with E-state index in [4.69, 9.17) is 4.84 Å². The fraction of sp³-hybridized carbons (Fsp3) is 0.571. The highest BCUT2D eigenvalue weighted by Gasteiger charge is 2.32. The van der Waals surface area contributed by atoms with Crippen LogP contribution in [0.25, 0.3) is 0 Å². The van der Waals surface area contributed by atoms with E-state index >= 15 is 0 Å². The van der Waals surface area contributed by atoms with E-state index in [9.17, 15) is 4.39 Å². The van der Waals surface area contributed by atoms with Crippen LogP contribution in [0.4, 0.5) is 4.39 Å². The highest BCUT2D eigenvalue weighted by Crippen LogP contribution is 2.38. The molecule has 100 valence electrons. The smallest absolute Gasteiger partial charge is 0.152 e. The first-order valence-electron chi connectivity index (χ1n) is 6.77. The summed E-state index contributed by atoms with van der Waals surface area (Å²) in [5.41, 5.74) is 3.99. The molecule has 1 saturated heterocycles. The van der Waals surface area contributed by atoms with Crippen molar-refractivity contribution in [3.63, 3.8) is 0 Å². The molecule has 2 aliphatic rings. The van der Waals surface area contributed by atoms with Gasteiger partial charge in [0, 0.05) is 5.56 Å². The maximum Gasteiger partial charge on any atom is 0.152 e. The van der Waals surface area contributed by atoms with Gasteiger partial charge < -0.3 is 10.2 Å². The molecule has 0 spiro atoms. The van der Waals surface area contributed by atoms with E-state index in [0.29, 0.717) is 5.92 Å². The minimum absolute atomic E-state index is 0.146. The molecule has 2 aliphatic heterocycles. The van der Waals surface area contributed by atoms with Gasteiger partial charge in [-0.25, -0.2) is 4.39 Å². The molecule has 3 nitrogen and oxygen atoms in total. The molecule has 1 atom stereocenters. The van der Waals surface area contributed by atoms with Gasteiger partial charge in [0.1, 0.15) is 5.82 Å². The van der Waals surface area contributed by atoms with Crippen molar-refractivity contribution in [1.29, 1.82) is 0 Å². The first kappa shape index (κ1) is 13.3. The zero-order chi connectivity index (χ0) is 13.0. The van der Waals surface area contributed by atoms with Crippen molar-refractivity contribution in [2.24, 2.45) is 5.92 Å². The zero-order valence-electron chi connectivity index (χ0n) is 11.0. The second kappa shape index (κ2) is 6.16. The van der Waals surface area contributed by atoms with Crippen molar-refractivity contribution in [3.05, 3.63) is 29.6 Å². The number of fused-ring (bicyclic) bond motifs is 1. The standard InChI is InChI=1S/C12H15FN2O.C2H6/c13-9-1-2-11-10(7-9)12(15-16-11)8-3-5-14-6-4-8;1-2/h1-2,7-8,12,14-15H,3-6H2;1-2H3. The minimum atomic E-state index is -0.190. The number of hydrogen-bond donors (Lipinski definition) is 2. The van der Waals surface area contributed by atoms with E-state index in [1.807, 2.05) is 13.8 Å². The summed E-state index contributed by atoms with van der Waals surface area (Å²) in [7, 11) is 0. The Morgan fingerprint density at radius 1 is 1.22 bits per heavy atom. The van der Waals surface area contributed by atoms with Gasteiger partial charge in [0.2, 0.25) is 0 Å². The predicted octanol–water partition coefficient (Wildman–Crippen LogP) is 2.79. The molecule has 1 aromatic carbocycles. The summed E-state index contributed by atoms with van der Waals surface area (Å²) in [5.74, 6) is 1.11. The lowest BCUT2D eigenvalue weighted by Crippen LogP contribution is -2.34. The molecule has 18 heavy (non-hydrogen) atoms. The number of hydroxylamine groups is 1. The summed E-state index contributed by atoms with van der Waals surface area (Å²) in [5, 5.41) is 3.33. The highest BCUT2D eigenvalue weighted by molar-refractivity contribution is 5.39. The van der Waals surface area contributed by atoms with Gasteiger partial charge in [0.25, 0.3) is 0 Å². The summed E-state index contributed by atoms with van der Waals surface area (Å²) in [6.07, 6.45) is 2.22. The van der Waals surface area contributed by atoms with E-state index in [-0.39, 0.29) is 11.9 Å². The van der Waals surface area contributed by atoms with Gasteiger partial charge in [-0.2, -0.15) is 0 Å². The Labute approximate surface area is 108 Å². The number of piperidine rings is 1. The Morgan fingerprint density at radius 3 is 2.67 bits per heavy atom. The molecule has 0 aromatic heterocycles. The monoisotopic (exact) mass is 252 g/mol. The van der Waals surface area contributed by atoms with Crippen LogP contribution in [-0.4, -0.2) is 13.1 Å². The van der Waals surface area contributed by atoms with Crippen molar-refractivity contribution in [2.45, 2.75) is 32.7 Å². The fourth-order valence-electron chi connectivity index (χ4n) is 2.57. The molecule has 1 aromatic rings. The van der Waals surface area contributed by atoms with Gasteiger partial charge in [-0.1, -0.05) is 13.8 Å². The topological polar surface area (TPSA) is 33.3 Å². The molecule has 1 unspecified atom stereocenters. The molecular weight excluding hydrogens is 231 g/mol. The van der Waals surface area contributed by atoms with Crippen LogP contribution < -0.4 is 15.6 Å². The van der Waals surface area contributed by atoms with E-state index in [0.717, 1.165) is 37.2 Å². The number of benzene rings is 1. The average Bonchev–Trinajstić information content (AvgIpc) is 2.85. The summed E-state index contributed by atoms with van der Waals surface area (Å²) in [4.78, 5) is 5.38. The quantitative estimate of drug-likeness (QED) is 0.806. The van der Waals surface area contributed by atoms with Crippen molar-refractivity contribution in [3.8, 4) is 5.75 Å². The van der Waals surface area contributed by atoms with Gasteiger partial charge in [-0.15, -0.1) is 5.48 Å². The lowest BCUT2D eigenvalue weighted by atomic mass is 9.86. The lowest BCUT2D eigenvalue weighted by Gasteiger charge is -2.27. The number of hydrogen-bond acceptors (Lipinski definition) is 3. The average molecular weight is 252 g/mol. The van der Waals surface area contributed by atoms with Crippen LogP contribution in [0.1, 0.15) is 38.3 Å². The van der Waals surface area contributed by atoms with Gasteiger partial charge in [0.05, 0.1) is 6.04 Å². The minimum Gasteiger partial charge on any atom is -0.408 e. The maximum atomic E-state index is 13.2. The summed E-state index contributed by atoms with van der Waals surface area (Å²) in [6.45, 7) is 6.07. The molecule has 0 saturated carbocycles. The number of nitrogens with one attached hydrogen (secondary N) is 2. The van der Waals surface area contributed by atoms with E-state index in [1.54, 1.807) is 12.1 Å². The van der Waals surface area contributed by atoms with Gasteiger partial charge in [-0.3, -0.25) is 0 Å². The van der Waals surface area contributed by atoms with Crippen LogP contribution in [0.15, 0.2) is 18.2 Å². The Morgan fingerprint density at radius 2 is 1.94 bits per heavy atom. The fourth-order valence-corrected chi connectivity index (χ4v) is 2.57. The van der Waals surface area contributed by atoms with E-state index in [2.05, 4.69) is 10.8 Å². The van der Waals surface area contributed by atoms with Crippen molar-refractivity contribution < 1.29 is 9.23 Å². The SMILES string of the molecule is CC.Fc1ccc2c(c1)C(C1CCNCC1)NO2. The summed E-state index contributed by atoms with van der Waals surface area (Å²) < 4.78 is 13.2. The number of rotatable bonds is 1. The third kappa shape index (κ3) is 2.65. The Balaban J connectivity index is 0.000000574. The van der Waals surface area contributed by atoms with Crippen LogP contribution in [0.2, 0.25) is 0 Å². The van der Waals surface area contributed by atoms with Crippen LogP contribution in [-0.2, 0) is 0 Å². The third-order valence-electron chi connectivity index (χ3n) is 3.46. The zero-order valence-corrected chi connectivity index (χ0v) is 11.0. The highest BCUT2D eigenvalue weighted by atomic mass is 19.1. The van der Waals surface area contributed by atoms with Crippen LogP contribution in [0, 0.1) is 11.7 Å². The molecule has 1 fully saturated rings. The number of halogens is 1. The second-order valence-electron chi connectivity index (χ2n) is 4.47. The summed E-state index contributed by atoms with van der Waals surface area (Å²) in [6, 6.07) is 4.86. The van der Waals surface area contributed by atoms with Gasteiger partial charge >= 0.3 is 0 Å². The maximum absolute atomic E-state index is 13.2. The second-order valence-corrected chi connectivity index (χ2v) is 4.47. The molecular formula is C14H21FN2O. The molecule has 3 rings (SSSR count). The summed E-state index contributed by atoms with van der Waals surface area (Å²) >= 11 is 0. The van der Waals surface area contributed by atoms with Crippen molar-refractivity contribution in [2.75, 3.05) is 13.1 Å². The van der Waals surface area contributed by atoms with E-state index < -0.39 is 0 Å². The first-order valence-corrected chi connectivity index (χ1v) is 6.77. The predicted molar refractivity (Wildman–Crippen MR) is 69.8 cm³/mol. The molecule has 0 amide bonds. The van der Waals surface area contributed by atoms with Crippen LogP contribution >= 0.6 is 0 Å². The molecule has 0 radical (unpaired) electrons. The first-order chi connectivity index (χ1) is 8.84. The van der Waals surface area contributed by atoms with Crippen molar-refractivity contribution in [1.82, 2.24) is 10.8 Å².